The lowest BCUT2D eigenvalue weighted by Crippen LogP contribution is -2.55. The van der Waals surface area contributed by atoms with Gasteiger partial charge in [0.05, 0.1) is 17.6 Å². The normalized spacial score (nSPS) is 17.3. The van der Waals surface area contributed by atoms with E-state index in [0.717, 1.165) is 28.0 Å². The van der Waals surface area contributed by atoms with Crippen LogP contribution in [0.3, 0.4) is 0 Å². The number of nitrogens with zero attached hydrogens (tertiary/aromatic N) is 4. The quantitative estimate of drug-likeness (QED) is 0.506. The molecule has 2 heterocycles. The van der Waals surface area contributed by atoms with Crippen LogP contribution >= 0.6 is 15.9 Å². The first-order valence-electron chi connectivity index (χ1n) is 10.7. The van der Waals surface area contributed by atoms with Gasteiger partial charge in [-0.2, -0.15) is 0 Å². The molecular formula is C24H29BrN4O2. The van der Waals surface area contributed by atoms with E-state index < -0.39 is 5.60 Å². The fraction of sp³-hybridized carbons (Fsp3) is 0.417. The molecular weight excluding hydrogens is 456 g/mol. The largest absolute Gasteiger partial charge is 0.444 e. The molecule has 6 nitrogen and oxygen atoms in total. The molecule has 164 valence electrons. The highest BCUT2D eigenvalue weighted by atomic mass is 79.9. The van der Waals surface area contributed by atoms with Crippen LogP contribution in [0.15, 0.2) is 53.0 Å². The first kappa shape index (κ1) is 21.7. The van der Waals surface area contributed by atoms with Gasteiger partial charge in [0.15, 0.2) is 0 Å². The van der Waals surface area contributed by atoms with Crippen molar-refractivity contribution in [3.05, 3.63) is 58.6 Å². The van der Waals surface area contributed by atoms with Crippen LogP contribution in [0.5, 0.6) is 0 Å². The van der Waals surface area contributed by atoms with Gasteiger partial charge in [0.25, 0.3) is 0 Å². The monoisotopic (exact) mass is 484 g/mol. The van der Waals surface area contributed by atoms with Gasteiger partial charge in [-0.1, -0.05) is 40.2 Å². The Bertz CT molecular complexity index is 1070. The lowest BCUT2D eigenvalue weighted by atomic mass is 10.2. The van der Waals surface area contributed by atoms with Crippen molar-refractivity contribution < 1.29 is 9.53 Å². The number of fused-ring (bicyclic) bond motifs is 1. The fourth-order valence-corrected chi connectivity index (χ4v) is 4.22. The smallest absolute Gasteiger partial charge is 0.410 e. The Morgan fingerprint density at radius 3 is 2.52 bits per heavy atom. The minimum Gasteiger partial charge on any atom is -0.444 e. The average molecular weight is 485 g/mol. The van der Waals surface area contributed by atoms with Crippen molar-refractivity contribution in [3.63, 3.8) is 0 Å². The third-order valence-electron chi connectivity index (χ3n) is 5.42. The van der Waals surface area contributed by atoms with E-state index in [2.05, 4.69) is 74.8 Å². The van der Waals surface area contributed by atoms with Crippen LogP contribution in [0.4, 0.5) is 10.7 Å². The SMILES string of the molecule is CC1CN(C(=O)OC(C)(C)C)CCN1c1nc2ccccc2n1Cc1ccc(Br)cc1. The third-order valence-corrected chi connectivity index (χ3v) is 5.95. The van der Waals surface area contributed by atoms with E-state index in [0.29, 0.717) is 19.6 Å². The highest BCUT2D eigenvalue weighted by Crippen LogP contribution is 2.27. The minimum absolute atomic E-state index is 0.127. The number of aromatic nitrogens is 2. The summed E-state index contributed by atoms with van der Waals surface area (Å²) < 4.78 is 8.92. The lowest BCUT2D eigenvalue weighted by Gasteiger charge is -2.40. The van der Waals surface area contributed by atoms with Gasteiger partial charge in [0.1, 0.15) is 5.60 Å². The summed E-state index contributed by atoms with van der Waals surface area (Å²) in [5.74, 6) is 0.945. The minimum atomic E-state index is -0.490. The number of carbonyl (C=O) groups is 1. The number of halogens is 1. The molecule has 1 fully saturated rings. The predicted octanol–water partition coefficient (Wildman–Crippen LogP) is 5.29. The maximum Gasteiger partial charge on any atom is 0.410 e. The standard InChI is InChI=1S/C24H29BrN4O2/c1-17-15-27(23(30)31-24(2,3)4)13-14-28(17)22-26-20-7-5-6-8-21(20)29(22)16-18-9-11-19(25)12-10-18/h5-12,17H,13-16H2,1-4H3. The summed E-state index contributed by atoms with van der Waals surface area (Å²) in [5.41, 5.74) is 2.82. The van der Waals surface area contributed by atoms with Gasteiger partial charge < -0.3 is 19.1 Å². The Labute approximate surface area is 191 Å². The number of rotatable bonds is 3. The molecule has 0 saturated carbocycles. The summed E-state index contributed by atoms with van der Waals surface area (Å²) in [4.78, 5) is 21.6. The number of hydrogen-bond acceptors (Lipinski definition) is 4. The highest BCUT2D eigenvalue weighted by Gasteiger charge is 2.32. The number of imidazole rings is 1. The first-order chi connectivity index (χ1) is 14.7. The second kappa shape index (κ2) is 8.54. The van der Waals surface area contributed by atoms with Crippen molar-refractivity contribution in [2.75, 3.05) is 24.5 Å². The van der Waals surface area contributed by atoms with Crippen molar-refractivity contribution in [3.8, 4) is 0 Å². The summed E-state index contributed by atoms with van der Waals surface area (Å²) >= 11 is 3.51. The van der Waals surface area contributed by atoms with E-state index in [9.17, 15) is 4.79 Å². The van der Waals surface area contributed by atoms with Crippen LogP contribution in [0.25, 0.3) is 11.0 Å². The summed E-state index contributed by atoms with van der Waals surface area (Å²) in [5, 5.41) is 0. The van der Waals surface area contributed by atoms with E-state index in [1.54, 1.807) is 4.90 Å². The van der Waals surface area contributed by atoms with Crippen LogP contribution in [0.2, 0.25) is 0 Å². The van der Waals surface area contributed by atoms with Crippen LogP contribution in [-0.2, 0) is 11.3 Å². The Morgan fingerprint density at radius 1 is 1.13 bits per heavy atom. The zero-order valence-electron chi connectivity index (χ0n) is 18.5. The molecule has 7 heteroatoms. The molecule has 0 radical (unpaired) electrons. The van der Waals surface area contributed by atoms with Crippen LogP contribution in [0.1, 0.15) is 33.3 Å². The molecule has 1 aromatic heterocycles. The topological polar surface area (TPSA) is 50.6 Å². The Balaban J connectivity index is 1.61. The summed E-state index contributed by atoms with van der Waals surface area (Å²) in [6.45, 7) is 10.5. The van der Waals surface area contributed by atoms with Crippen molar-refractivity contribution in [2.24, 2.45) is 0 Å². The molecule has 31 heavy (non-hydrogen) atoms. The number of benzene rings is 2. The maximum absolute atomic E-state index is 12.5. The molecule has 0 N–H and O–H groups in total. The summed E-state index contributed by atoms with van der Waals surface area (Å²) in [7, 11) is 0. The molecule has 1 saturated heterocycles. The van der Waals surface area contributed by atoms with E-state index in [1.165, 1.54) is 5.56 Å². The highest BCUT2D eigenvalue weighted by molar-refractivity contribution is 9.10. The first-order valence-corrected chi connectivity index (χ1v) is 11.4. The van der Waals surface area contributed by atoms with E-state index in [1.807, 2.05) is 26.8 Å². The number of carbonyl (C=O) groups excluding carboxylic acids is 1. The molecule has 4 rings (SSSR count). The van der Waals surface area contributed by atoms with Gasteiger partial charge >= 0.3 is 6.09 Å². The van der Waals surface area contributed by atoms with Crippen molar-refractivity contribution >= 4 is 39.0 Å². The van der Waals surface area contributed by atoms with Crippen molar-refractivity contribution in [2.45, 2.75) is 45.9 Å². The van der Waals surface area contributed by atoms with Gasteiger partial charge in [-0.3, -0.25) is 0 Å². The summed E-state index contributed by atoms with van der Waals surface area (Å²) in [6, 6.07) is 16.8. The van der Waals surface area contributed by atoms with E-state index >= 15 is 0 Å². The van der Waals surface area contributed by atoms with Gasteiger partial charge in [-0.15, -0.1) is 0 Å². The van der Waals surface area contributed by atoms with Crippen molar-refractivity contribution in [1.82, 2.24) is 14.5 Å². The molecule has 1 amide bonds. The number of piperazine rings is 1. The lowest BCUT2D eigenvalue weighted by molar-refractivity contribution is 0.0218. The van der Waals surface area contributed by atoms with Crippen LogP contribution < -0.4 is 4.90 Å². The fourth-order valence-electron chi connectivity index (χ4n) is 3.96. The number of amides is 1. The third kappa shape index (κ3) is 4.87. The van der Waals surface area contributed by atoms with Crippen molar-refractivity contribution in [1.29, 1.82) is 0 Å². The van der Waals surface area contributed by atoms with Crippen LogP contribution in [-0.4, -0.2) is 51.8 Å². The molecule has 0 bridgehead atoms. The van der Waals surface area contributed by atoms with Gasteiger partial charge in [0.2, 0.25) is 5.95 Å². The molecule has 1 atom stereocenters. The molecule has 1 aliphatic rings. The van der Waals surface area contributed by atoms with E-state index in [4.69, 9.17) is 9.72 Å². The van der Waals surface area contributed by atoms with Gasteiger partial charge in [-0.05, 0) is 57.5 Å². The number of anilines is 1. The zero-order valence-corrected chi connectivity index (χ0v) is 20.1. The molecule has 3 aromatic rings. The Hall–Kier alpha value is -2.54. The van der Waals surface area contributed by atoms with E-state index in [-0.39, 0.29) is 12.1 Å². The number of ether oxygens (including phenoxy) is 1. The van der Waals surface area contributed by atoms with Gasteiger partial charge in [-0.25, -0.2) is 9.78 Å². The Kier molecular flexibility index (Phi) is 5.97. The molecule has 0 aliphatic carbocycles. The number of hydrogen-bond donors (Lipinski definition) is 0. The zero-order chi connectivity index (χ0) is 22.2. The second-order valence-corrected chi connectivity index (χ2v) is 10.00. The number of para-hydroxylation sites is 2. The predicted molar refractivity (Wildman–Crippen MR) is 128 cm³/mol. The van der Waals surface area contributed by atoms with Gasteiger partial charge in [0, 0.05) is 30.1 Å². The molecule has 1 unspecified atom stereocenters. The van der Waals surface area contributed by atoms with Crippen LogP contribution in [0, 0.1) is 0 Å². The molecule has 1 aliphatic heterocycles. The summed E-state index contributed by atoms with van der Waals surface area (Å²) in [6.07, 6.45) is -0.248. The average Bonchev–Trinajstić information content (AvgIpc) is 3.06. The maximum atomic E-state index is 12.5. The molecule has 2 aromatic carbocycles. The Morgan fingerprint density at radius 2 is 1.84 bits per heavy atom. The second-order valence-electron chi connectivity index (χ2n) is 9.08. The molecule has 0 spiro atoms.